The first-order valence-electron chi connectivity index (χ1n) is 7.40. The third kappa shape index (κ3) is 3.67. The number of hydrogen-bond donors (Lipinski definition) is 0. The number of ether oxygens (including phenoxy) is 1. The van der Waals surface area contributed by atoms with E-state index in [1.807, 2.05) is 19.3 Å². The minimum Gasteiger partial charge on any atom is -0.376 e. The highest BCUT2D eigenvalue weighted by atomic mass is 79.9. The van der Waals surface area contributed by atoms with Crippen molar-refractivity contribution < 1.29 is 4.74 Å². The summed E-state index contributed by atoms with van der Waals surface area (Å²) < 4.78 is 6.90. The van der Waals surface area contributed by atoms with Crippen molar-refractivity contribution in [1.82, 2.24) is 4.98 Å². The molecule has 0 radical (unpaired) electrons. The van der Waals surface area contributed by atoms with Crippen molar-refractivity contribution in [2.45, 2.75) is 58.6 Å². The lowest BCUT2D eigenvalue weighted by Crippen LogP contribution is -2.30. The summed E-state index contributed by atoms with van der Waals surface area (Å²) in [7, 11) is 0. The largest absolute Gasteiger partial charge is 0.376 e. The van der Waals surface area contributed by atoms with Gasteiger partial charge in [-0.15, -0.1) is 0 Å². The number of rotatable bonds is 4. The highest BCUT2D eigenvalue weighted by molar-refractivity contribution is 9.10. The maximum Gasteiger partial charge on any atom is 0.0798 e. The maximum atomic E-state index is 5.86. The number of aromatic nitrogens is 1. The highest BCUT2D eigenvalue weighted by Gasteiger charge is 2.22. The Hall–Kier alpha value is -0.740. The molecular formula is C16H23BrN2O. The highest BCUT2D eigenvalue weighted by Crippen LogP contribution is 2.22. The van der Waals surface area contributed by atoms with Crippen LogP contribution in [0.3, 0.4) is 0 Å². The number of halogens is 1. The second kappa shape index (κ2) is 7.32. The lowest BCUT2D eigenvalue weighted by molar-refractivity contribution is 0.000548. The smallest absolute Gasteiger partial charge is 0.0798 e. The fourth-order valence-electron chi connectivity index (χ4n) is 2.61. The second-order valence-electron chi connectivity index (χ2n) is 5.39. The minimum absolute atomic E-state index is 0.257. The van der Waals surface area contributed by atoms with E-state index in [2.05, 4.69) is 34.8 Å². The monoisotopic (exact) mass is 338 g/mol. The van der Waals surface area contributed by atoms with Crippen molar-refractivity contribution in [2.24, 2.45) is 4.99 Å². The molecule has 1 fully saturated rings. The first kappa shape index (κ1) is 15.6. The molecule has 2 heterocycles. The van der Waals surface area contributed by atoms with Gasteiger partial charge in [-0.05, 0) is 61.0 Å². The van der Waals surface area contributed by atoms with E-state index < -0.39 is 0 Å². The van der Waals surface area contributed by atoms with Crippen molar-refractivity contribution >= 4 is 22.1 Å². The Morgan fingerprint density at radius 2 is 2.30 bits per heavy atom. The molecule has 0 amide bonds. The summed E-state index contributed by atoms with van der Waals surface area (Å²) in [6.45, 7) is 7.18. The van der Waals surface area contributed by atoms with Crippen molar-refractivity contribution in [3.63, 3.8) is 0 Å². The molecule has 20 heavy (non-hydrogen) atoms. The Balaban J connectivity index is 2.16. The van der Waals surface area contributed by atoms with Crippen LogP contribution in [0.4, 0.5) is 0 Å². The molecule has 1 aliphatic heterocycles. The Bertz CT molecular complexity index is 482. The summed E-state index contributed by atoms with van der Waals surface area (Å²) in [5.41, 5.74) is 3.34. The van der Waals surface area contributed by atoms with E-state index in [4.69, 9.17) is 9.73 Å². The third-order valence-corrected chi connectivity index (χ3v) is 4.78. The molecule has 1 saturated heterocycles. The van der Waals surface area contributed by atoms with E-state index in [1.165, 1.54) is 18.4 Å². The normalized spacial score (nSPS) is 21.3. The predicted molar refractivity (Wildman–Crippen MR) is 86.7 cm³/mol. The van der Waals surface area contributed by atoms with E-state index >= 15 is 0 Å². The molecule has 0 aliphatic carbocycles. The number of aryl methyl sites for hydroxylation is 1. The molecule has 2 rings (SSSR count). The average molecular weight is 339 g/mol. The maximum absolute atomic E-state index is 5.86. The van der Waals surface area contributed by atoms with Crippen molar-refractivity contribution in [3.8, 4) is 0 Å². The van der Waals surface area contributed by atoms with Gasteiger partial charge in [0.1, 0.15) is 0 Å². The Morgan fingerprint density at radius 1 is 1.50 bits per heavy atom. The van der Waals surface area contributed by atoms with Gasteiger partial charge in [-0.3, -0.25) is 9.98 Å². The van der Waals surface area contributed by atoms with Crippen molar-refractivity contribution in [1.29, 1.82) is 0 Å². The SMILES string of the molecule is CCC(N=Cc1c(C)ncc(Br)c1C)C1CCCCO1. The van der Waals surface area contributed by atoms with Gasteiger partial charge in [0.25, 0.3) is 0 Å². The summed E-state index contributed by atoms with van der Waals surface area (Å²) >= 11 is 3.53. The predicted octanol–water partition coefficient (Wildman–Crippen LogP) is 4.23. The molecule has 3 nitrogen and oxygen atoms in total. The summed E-state index contributed by atoms with van der Waals surface area (Å²) in [6.07, 6.45) is 8.70. The number of pyridine rings is 1. The van der Waals surface area contributed by atoms with Crippen LogP contribution < -0.4 is 0 Å². The fourth-order valence-corrected chi connectivity index (χ4v) is 2.93. The van der Waals surface area contributed by atoms with Crippen molar-refractivity contribution in [2.75, 3.05) is 6.61 Å². The van der Waals surface area contributed by atoms with E-state index in [0.29, 0.717) is 0 Å². The standard InChI is InChI=1S/C16H23BrN2O/c1-4-15(16-7-5-6-8-20-16)19-9-13-11(2)14(17)10-18-12(13)3/h9-10,15-16H,4-8H2,1-3H3. The molecule has 0 spiro atoms. The molecule has 2 unspecified atom stereocenters. The van der Waals surface area contributed by atoms with Gasteiger partial charge in [0, 0.05) is 34.7 Å². The Kier molecular flexibility index (Phi) is 5.73. The Morgan fingerprint density at radius 3 is 2.95 bits per heavy atom. The van der Waals surface area contributed by atoms with Gasteiger partial charge < -0.3 is 4.74 Å². The van der Waals surface area contributed by atoms with Crippen LogP contribution in [0.2, 0.25) is 0 Å². The van der Waals surface area contributed by atoms with Gasteiger partial charge in [0.05, 0.1) is 12.1 Å². The summed E-state index contributed by atoms with van der Waals surface area (Å²) in [4.78, 5) is 9.17. The summed E-state index contributed by atoms with van der Waals surface area (Å²) in [6, 6.07) is 0.257. The van der Waals surface area contributed by atoms with Gasteiger partial charge >= 0.3 is 0 Å². The molecule has 110 valence electrons. The molecule has 1 aliphatic rings. The van der Waals surface area contributed by atoms with Crippen LogP contribution in [0.15, 0.2) is 15.7 Å². The van der Waals surface area contributed by atoms with Crippen LogP contribution in [0.1, 0.15) is 49.4 Å². The van der Waals surface area contributed by atoms with Gasteiger partial charge in [-0.2, -0.15) is 0 Å². The van der Waals surface area contributed by atoms with Crippen LogP contribution >= 0.6 is 15.9 Å². The first-order chi connectivity index (χ1) is 9.63. The Labute approximate surface area is 130 Å². The van der Waals surface area contributed by atoms with E-state index in [0.717, 1.165) is 35.2 Å². The van der Waals surface area contributed by atoms with Crippen molar-refractivity contribution in [3.05, 3.63) is 27.5 Å². The average Bonchev–Trinajstić information content (AvgIpc) is 2.48. The van der Waals surface area contributed by atoms with E-state index in [-0.39, 0.29) is 12.1 Å². The zero-order valence-corrected chi connectivity index (χ0v) is 14.1. The van der Waals surface area contributed by atoms with Gasteiger partial charge in [0.2, 0.25) is 0 Å². The number of nitrogens with zero attached hydrogens (tertiary/aromatic N) is 2. The van der Waals surface area contributed by atoms with Crippen LogP contribution in [0, 0.1) is 13.8 Å². The topological polar surface area (TPSA) is 34.5 Å². The molecule has 4 heteroatoms. The molecule has 1 aromatic rings. The van der Waals surface area contributed by atoms with Crippen LogP contribution in [0.25, 0.3) is 0 Å². The zero-order valence-electron chi connectivity index (χ0n) is 12.5. The van der Waals surface area contributed by atoms with Gasteiger partial charge in [-0.25, -0.2) is 0 Å². The summed E-state index contributed by atoms with van der Waals surface area (Å²) in [5, 5.41) is 0. The first-order valence-corrected chi connectivity index (χ1v) is 8.19. The molecule has 0 aromatic carbocycles. The van der Waals surface area contributed by atoms with Gasteiger partial charge in [0.15, 0.2) is 0 Å². The number of hydrogen-bond acceptors (Lipinski definition) is 3. The lowest BCUT2D eigenvalue weighted by Gasteiger charge is -2.27. The third-order valence-electron chi connectivity index (χ3n) is 3.98. The van der Waals surface area contributed by atoms with E-state index in [9.17, 15) is 0 Å². The van der Waals surface area contributed by atoms with Crippen LogP contribution in [-0.4, -0.2) is 30.0 Å². The van der Waals surface area contributed by atoms with Crippen LogP contribution in [-0.2, 0) is 4.74 Å². The minimum atomic E-state index is 0.257. The second-order valence-corrected chi connectivity index (χ2v) is 6.24. The van der Waals surface area contributed by atoms with E-state index in [1.54, 1.807) is 0 Å². The molecule has 0 bridgehead atoms. The molecule has 2 atom stereocenters. The number of aliphatic imine (C=N–C) groups is 1. The van der Waals surface area contributed by atoms with Gasteiger partial charge in [-0.1, -0.05) is 6.92 Å². The zero-order chi connectivity index (χ0) is 14.5. The molecule has 0 saturated carbocycles. The molecular weight excluding hydrogens is 316 g/mol. The fraction of sp³-hybridized carbons (Fsp3) is 0.625. The quantitative estimate of drug-likeness (QED) is 0.770. The lowest BCUT2D eigenvalue weighted by atomic mass is 10.0. The van der Waals surface area contributed by atoms with Crippen LogP contribution in [0.5, 0.6) is 0 Å². The molecule has 0 N–H and O–H groups in total. The molecule has 1 aromatic heterocycles. The summed E-state index contributed by atoms with van der Waals surface area (Å²) in [5.74, 6) is 0.